The summed E-state index contributed by atoms with van der Waals surface area (Å²) >= 11 is 0. The molecule has 0 spiro atoms. The van der Waals surface area contributed by atoms with Gasteiger partial charge in [0.1, 0.15) is 24.1 Å². The number of esters is 2. The number of benzene rings is 2. The van der Waals surface area contributed by atoms with E-state index < -0.39 is 36.4 Å². The first-order valence-corrected chi connectivity index (χ1v) is 11.0. The Bertz CT molecular complexity index is 1200. The Labute approximate surface area is 211 Å². The maximum absolute atomic E-state index is 12.2. The second kappa shape index (κ2) is 13.6. The minimum atomic E-state index is -1.35. The molecule has 0 heterocycles. The Balaban J connectivity index is 0.00000153. The SMILES string of the molecule is Cc1ccc(/C=C/C(=O)O[C@@H]2C[C@@H](O)[C@H](O)[C@H](OC(=O)/C=C/c3ccc(O)c(O)c3)C2)cc1O.O=C=O. The summed E-state index contributed by atoms with van der Waals surface area (Å²) in [5, 5.41) is 48.9. The first kappa shape index (κ1) is 28.8. The molecule has 1 aliphatic rings. The first-order valence-electron chi connectivity index (χ1n) is 11.0. The van der Waals surface area contributed by atoms with Crippen molar-refractivity contribution in [3.8, 4) is 17.2 Å². The van der Waals surface area contributed by atoms with Crippen LogP contribution in [0.5, 0.6) is 17.2 Å². The highest BCUT2D eigenvalue weighted by molar-refractivity contribution is 5.88. The number of aryl methyl sites for hydroxylation is 1. The van der Waals surface area contributed by atoms with Gasteiger partial charge in [0.05, 0.1) is 6.10 Å². The van der Waals surface area contributed by atoms with Crippen LogP contribution in [-0.4, -0.2) is 68.0 Å². The van der Waals surface area contributed by atoms with Crippen LogP contribution in [0, 0.1) is 6.92 Å². The van der Waals surface area contributed by atoms with E-state index >= 15 is 0 Å². The van der Waals surface area contributed by atoms with Crippen LogP contribution in [0.2, 0.25) is 0 Å². The van der Waals surface area contributed by atoms with Crippen LogP contribution >= 0.6 is 0 Å². The van der Waals surface area contributed by atoms with E-state index in [1.54, 1.807) is 19.1 Å². The quantitative estimate of drug-likeness (QED) is 0.214. The third kappa shape index (κ3) is 8.93. The highest BCUT2D eigenvalue weighted by Crippen LogP contribution is 2.27. The standard InChI is InChI=1S/C25H26O9.CO2/c1-14-2-3-15(10-19(14)27)5-8-23(30)33-17-12-21(29)25(32)22(13-17)34-24(31)9-6-16-4-7-18(26)20(28)11-16;2-1-3/h2-11,17,21-22,25-29,32H,12-13H2,1H3;/b8-5+,9-6+;/t17-,21-,22-,25+;/m1./s1. The summed E-state index contributed by atoms with van der Waals surface area (Å²) in [6.07, 6.45) is 0.765. The van der Waals surface area contributed by atoms with Gasteiger partial charge in [0, 0.05) is 25.0 Å². The molecule has 0 amide bonds. The lowest BCUT2D eigenvalue weighted by Gasteiger charge is -2.35. The molecule has 0 radical (unpaired) electrons. The average molecular weight is 514 g/mol. The summed E-state index contributed by atoms with van der Waals surface area (Å²) in [5.41, 5.74) is 1.72. The van der Waals surface area contributed by atoms with E-state index in [1.807, 2.05) is 0 Å². The molecular formula is C26H26O11. The van der Waals surface area contributed by atoms with E-state index in [2.05, 4.69) is 0 Å². The van der Waals surface area contributed by atoms with E-state index in [1.165, 1.54) is 42.5 Å². The van der Waals surface area contributed by atoms with Crippen LogP contribution in [0.25, 0.3) is 12.2 Å². The number of phenolic OH excluding ortho intramolecular Hbond substituents is 3. The molecule has 1 aliphatic carbocycles. The van der Waals surface area contributed by atoms with Gasteiger partial charge < -0.3 is 35.0 Å². The van der Waals surface area contributed by atoms with Gasteiger partial charge in [0.25, 0.3) is 0 Å². The summed E-state index contributed by atoms with van der Waals surface area (Å²) in [6.45, 7) is 1.75. The molecule has 1 saturated carbocycles. The zero-order valence-electron chi connectivity index (χ0n) is 19.7. The molecule has 2 aromatic rings. The number of carbonyl (C=O) groups is 2. The Hall–Kier alpha value is -4.44. The lowest BCUT2D eigenvalue weighted by atomic mass is 9.89. The number of phenols is 3. The number of aliphatic hydroxyl groups is 2. The summed E-state index contributed by atoms with van der Waals surface area (Å²) in [5.74, 6) is -2.05. The number of aromatic hydroxyl groups is 3. The first-order chi connectivity index (χ1) is 17.5. The number of rotatable bonds is 6. The second-order valence-electron chi connectivity index (χ2n) is 8.11. The molecular weight excluding hydrogens is 488 g/mol. The van der Waals surface area contributed by atoms with Crippen LogP contribution < -0.4 is 0 Å². The highest BCUT2D eigenvalue weighted by Gasteiger charge is 2.39. The zero-order chi connectivity index (χ0) is 27.5. The fraction of sp³-hybridized carbons (Fsp3) is 0.269. The molecule has 2 aromatic carbocycles. The molecule has 3 rings (SSSR count). The van der Waals surface area contributed by atoms with Crippen LogP contribution in [0.1, 0.15) is 29.5 Å². The van der Waals surface area contributed by atoms with Crippen molar-refractivity contribution in [3.05, 3.63) is 65.2 Å². The second-order valence-corrected chi connectivity index (χ2v) is 8.11. The van der Waals surface area contributed by atoms with Crippen molar-refractivity contribution < 1.29 is 54.2 Å². The molecule has 0 bridgehead atoms. The van der Waals surface area contributed by atoms with Gasteiger partial charge in [-0.05, 0) is 54.0 Å². The van der Waals surface area contributed by atoms with Gasteiger partial charge in [-0.1, -0.05) is 18.2 Å². The Kier molecular flexibility index (Phi) is 10.6. The molecule has 5 N–H and O–H groups in total. The van der Waals surface area contributed by atoms with Gasteiger partial charge in [-0.25, -0.2) is 9.59 Å². The molecule has 196 valence electrons. The smallest absolute Gasteiger partial charge is 0.373 e. The van der Waals surface area contributed by atoms with Crippen molar-refractivity contribution in [1.29, 1.82) is 0 Å². The van der Waals surface area contributed by atoms with Crippen LogP contribution in [0.15, 0.2) is 48.6 Å². The van der Waals surface area contributed by atoms with Gasteiger partial charge in [-0.3, -0.25) is 0 Å². The molecule has 37 heavy (non-hydrogen) atoms. The third-order valence-electron chi connectivity index (χ3n) is 5.38. The largest absolute Gasteiger partial charge is 0.508 e. The van der Waals surface area contributed by atoms with E-state index in [9.17, 15) is 35.1 Å². The molecule has 11 nitrogen and oxygen atoms in total. The number of carbonyl (C=O) groups excluding carboxylic acids is 4. The van der Waals surface area contributed by atoms with Crippen molar-refractivity contribution >= 4 is 30.2 Å². The molecule has 0 aliphatic heterocycles. The average Bonchev–Trinajstić information content (AvgIpc) is 2.84. The van der Waals surface area contributed by atoms with Gasteiger partial charge in [-0.15, -0.1) is 0 Å². The fourth-order valence-corrected chi connectivity index (χ4v) is 3.46. The van der Waals surface area contributed by atoms with Gasteiger partial charge >= 0.3 is 18.1 Å². The molecule has 0 aromatic heterocycles. The van der Waals surface area contributed by atoms with Crippen molar-refractivity contribution in [2.75, 3.05) is 0 Å². The van der Waals surface area contributed by atoms with Gasteiger partial charge in [0.15, 0.2) is 11.5 Å². The maximum atomic E-state index is 12.2. The minimum absolute atomic E-state index is 0.0112. The van der Waals surface area contributed by atoms with Gasteiger partial charge in [0.2, 0.25) is 0 Å². The summed E-state index contributed by atoms with van der Waals surface area (Å²) < 4.78 is 10.6. The molecule has 1 fully saturated rings. The maximum Gasteiger partial charge on any atom is 0.373 e. The highest BCUT2D eigenvalue weighted by atomic mass is 16.6. The van der Waals surface area contributed by atoms with Crippen molar-refractivity contribution in [2.24, 2.45) is 0 Å². The van der Waals surface area contributed by atoms with Crippen molar-refractivity contribution in [1.82, 2.24) is 0 Å². The van der Waals surface area contributed by atoms with Crippen molar-refractivity contribution in [2.45, 2.75) is 44.2 Å². The molecule has 4 atom stereocenters. The fourth-order valence-electron chi connectivity index (χ4n) is 3.46. The monoisotopic (exact) mass is 514 g/mol. The number of hydrogen-bond acceptors (Lipinski definition) is 11. The van der Waals surface area contributed by atoms with Crippen LogP contribution in [0.3, 0.4) is 0 Å². The normalized spacial score (nSPS) is 21.1. The summed E-state index contributed by atoms with van der Waals surface area (Å²) in [6, 6.07) is 8.91. The summed E-state index contributed by atoms with van der Waals surface area (Å²) in [4.78, 5) is 40.6. The zero-order valence-corrected chi connectivity index (χ0v) is 19.7. The number of aliphatic hydroxyl groups excluding tert-OH is 2. The Morgan fingerprint density at radius 3 is 1.95 bits per heavy atom. The van der Waals surface area contributed by atoms with E-state index in [4.69, 9.17) is 19.1 Å². The van der Waals surface area contributed by atoms with Gasteiger partial charge in [-0.2, -0.15) is 9.59 Å². The van der Waals surface area contributed by atoms with Crippen LogP contribution in [0.4, 0.5) is 0 Å². The predicted octanol–water partition coefficient (Wildman–Crippen LogP) is 1.59. The predicted molar refractivity (Wildman–Crippen MR) is 127 cm³/mol. The lowest BCUT2D eigenvalue weighted by Crippen LogP contribution is -2.49. The number of hydrogen-bond donors (Lipinski definition) is 5. The lowest BCUT2D eigenvalue weighted by molar-refractivity contribution is -0.192. The van der Waals surface area contributed by atoms with Crippen LogP contribution in [-0.2, 0) is 28.7 Å². The topological polar surface area (TPSA) is 188 Å². The Morgan fingerprint density at radius 2 is 1.38 bits per heavy atom. The van der Waals surface area contributed by atoms with E-state index in [0.29, 0.717) is 16.7 Å². The number of ether oxygens (including phenoxy) is 2. The van der Waals surface area contributed by atoms with Crippen molar-refractivity contribution in [3.63, 3.8) is 0 Å². The minimum Gasteiger partial charge on any atom is -0.508 e. The third-order valence-corrected chi connectivity index (χ3v) is 5.38. The molecule has 11 heteroatoms. The summed E-state index contributed by atoms with van der Waals surface area (Å²) in [7, 11) is 0. The molecule has 0 unspecified atom stereocenters. The van der Waals surface area contributed by atoms with E-state index in [-0.39, 0.29) is 36.2 Å². The molecule has 0 saturated heterocycles. The Morgan fingerprint density at radius 1 is 0.838 bits per heavy atom. The van der Waals surface area contributed by atoms with E-state index in [0.717, 1.165) is 6.08 Å².